The number of ether oxygens (including phenoxy) is 1. The fraction of sp³-hybridized carbons (Fsp3) is 0.542. The maximum absolute atomic E-state index is 13.6. The number of halogens is 1. The van der Waals surface area contributed by atoms with Crippen LogP contribution in [0.1, 0.15) is 42.9 Å². The van der Waals surface area contributed by atoms with Crippen LogP contribution in [0, 0.1) is 5.82 Å². The molecule has 8 heteroatoms. The maximum Gasteiger partial charge on any atom is 0.225 e. The van der Waals surface area contributed by atoms with E-state index in [-0.39, 0.29) is 23.2 Å². The maximum atomic E-state index is 13.6. The van der Waals surface area contributed by atoms with E-state index in [0.717, 1.165) is 62.6 Å². The van der Waals surface area contributed by atoms with Crippen LogP contribution in [-0.2, 0) is 16.1 Å². The highest BCUT2D eigenvalue weighted by Gasteiger charge is 2.48. The largest absolute Gasteiger partial charge is 0.378 e. The van der Waals surface area contributed by atoms with Crippen molar-refractivity contribution in [1.29, 1.82) is 0 Å². The third-order valence-electron chi connectivity index (χ3n) is 6.93. The van der Waals surface area contributed by atoms with Crippen molar-refractivity contribution in [3.63, 3.8) is 0 Å². The van der Waals surface area contributed by atoms with Crippen molar-refractivity contribution in [3.05, 3.63) is 53.6 Å². The number of benzene rings is 1. The van der Waals surface area contributed by atoms with Crippen LogP contribution in [0.2, 0.25) is 0 Å². The van der Waals surface area contributed by atoms with E-state index in [9.17, 15) is 9.18 Å². The summed E-state index contributed by atoms with van der Waals surface area (Å²) in [5, 5.41) is 3.37. The van der Waals surface area contributed by atoms with Crippen LogP contribution in [0.15, 0.2) is 36.5 Å². The Bertz CT molecular complexity index is 950. The molecule has 3 aliphatic heterocycles. The normalized spacial score (nSPS) is 26.8. The van der Waals surface area contributed by atoms with Crippen molar-refractivity contribution in [2.24, 2.45) is 0 Å². The number of likely N-dealkylation sites (tertiary alicyclic amines) is 1. The predicted octanol–water partition coefficient (Wildman–Crippen LogP) is 2.48. The van der Waals surface area contributed by atoms with Gasteiger partial charge in [0.15, 0.2) is 0 Å². The average molecular weight is 440 g/mol. The summed E-state index contributed by atoms with van der Waals surface area (Å²) in [6.07, 6.45) is 5.26. The topological polar surface area (TPSA) is 70.6 Å². The first-order chi connectivity index (χ1) is 15.6. The summed E-state index contributed by atoms with van der Waals surface area (Å²) in [6, 6.07) is 8.73. The Labute approximate surface area is 188 Å². The molecule has 3 saturated heterocycles. The lowest BCUT2D eigenvalue weighted by Crippen LogP contribution is -2.52. The number of hydrogen-bond donors (Lipinski definition) is 1. The summed E-state index contributed by atoms with van der Waals surface area (Å²) in [6.45, 7) is 5.24. The minimum absolute atomic E-state index is 0.116. The summed E-state index contributed by atoms with van der Waals surface area (Å²) >= 11 is 0. The summed E-state index contributed by atoms with van der Waals surface area (Å²) in [7, 11) is 0. The number of nitrogens with zero attached hydrogens (tertiary/aromatic N) is 4. The zero-order valence-electron chi connectivity index (χ0n) is 18.3. The van der Waals surface area contributed by atoms with E-state index in [2.05, 4.69) is 20.1 Å². The third kappa shape index (κ3) is 4.47. The van der Waals surface area contributed by atoms with Gasteiger partial charge in [0.1, 0.15) is 5.82 Å². The predicted molar refractivity (Wildman–Crippen MR) is 119 cm³/mol. The van der Waals surface area contributed by atoms with Gasteiger partial charge in [-0.05, 0) is 36.6 Å². The van der Waals surface area contributed by atoms with Crippen LogP contribution in [0.5, 0.6) is 0 Å². The van der Waals surface area contributed by atoms with Gasteiger partial charge >= 0.3 is 0 Å². The van der Waals surface area contributed by atoms with E-state index < -0.39 is 0 Å². The fourth-order valence-electron chi connectivity index (χ4n) is 5.37. The van der Waals surface area contributed by atoms with Crippen molar-refractivity contribution in [3.8, 4) is 0 Å². The van der Waals surface area contributed by atoms with Crippen molar-refractivity contribution in [2.45, 2.75) is 43.7 Å². The number of rotatable bonds is 4. The Morgan fingerprint density at radius 3 is 2.78 bits per heavy atom. The first-order valence-electron chi connectivity index (χ1n) is 11.5. The number of nitrogens with one attached hydrogen (secondary N) is 1. The molecule has 3 fully saturated rings. The third-order valence-corrected chi connectivity index (χ3v) is 6.93. The van der Waals surface area contributed by atoms with Crippen LogP contribution in [0.25, 0.3) is 0 Å². The molecule has 5 rings (SSSR count). The van der Waals surface area contributed by atoms with Crippen molar-refractivity contribution >= 4 is 11.9 Å². The van der Waals surface area contributed by atoms with Gasteiger partial charge in [-0.1, -0.05) is 18.6 Å². The second-order valence-electron chi connectivity index (χ2n) is 9.13. The average Bonchev–Trinajstić information content (AvgIpc) is 3.03. The van der Waals surface area contributed by atoms with Gasteiger partial charge in [0.05, 0.1) is 24.4 Å². The molecule has 0 radical (unpaired) electrons. The lowest BCUT2D eigenvalue weighted by molar-refractivity contribution is -0.122. The molecule has 2 aromatic rings. The van der Waals surface area contributed by atoms with Gasteiger partial charge in [-0.3, -0.25) is 9.69 Å². The SMILES string of the molecule is O=C1CCCC[C@]2(CN(Cc3ccnc(N4CCOCC4)n3)C[C@H]2c2ccc(F)cc2)N1. The molecule has 0 saturated carbocycles. The quantitative estimate of drug-likeness (QED) is 0.789. The zero-order chi connectivity index (χ0) is 22.0. The van der Waals surface area contributed by atoms with Gasteiger partial charge in [0, 0.05) is 51.3 Å². The van der Waals surface area contributed by atoms with Crippen LogP contribution in [-0.4, -0.2) is 65.7 Å². The van der Waals surface area contributed by atoms with E-state index in [4.69, 9.17) is 9.72 Å². The first-order valence-corrected chi connectivity index (χ1v) is 11.5. The number of carbonyl (C=O) groups is 1. The molecule has 1 aromatic heterocycles. The van der Waals surface area contributed by atoms with E-state index in [0.29, 0.717) is 26.2 Å². The highest BCUT2D eigenvalue weighted by atomic mass is 19.1. The number of anilines is 1. The Balaban J connectivity index is 1.38. The first kappa shape index (κ1) is 21.3. The van der Waals surface area contributed by atoms with E-state index >= 15 is 0 Å². The minimum Gasteiger partial charge on any atom is -0.378 e. The molecule has 0 aliphatic carbocycles. The highest BCUT2D eigenvalue weighted by Crippen LogP contribution is 2.41. The summed E-state index contributed by atoms with van der Waals surface area (Å²) in [5.41, 5.74) is 1.72. The van der Waals surface area contributed by atoms with Crippen LogP contribution in [0.4, 0.5) is 10.3 Å². The molecule has 4 heterocycles. The Morgan fingerprint density at radius 2 is 1.97 bits per heavy atom. The molecule has 170 valence electrons. The van der Waals surface area contributed by atoms with Gasteiger partial charge < -0.3 is 15.0 Å². The molecule has 1 spiro atoms. The Hall–Kier alpha value is -2.58. The van der Waals surface area contributed by atoms with E-state index in [1.807, 2.05) is 24.4 Å². The van der Waals surface area contributed by atoms with Crippen LogP contribution < -0.4 is 10.2 Å². The second kappa shape index (κ2) is 9.11. The molecule has 7 nitrogen and oxygen atoms in total. The number of hydrogen-bond acceptors (Lipinski definition) is 6. The lowest BCUT2D eigenvalue weighted by Gasteiger charge is -2.35. The molecule has 2 atom stereocenters. The molecule has 1 aromatic carbocycles. The number of carbonyl (C=O) groups excluding carboxylic acids is 1. The zero-order valence-corrected chi connectivity index (χ0v) is 18.3. The van der Waals surface area contributed by atoms with Crippen molar-refractivity contribution < 1.29 is 13.9 Å². The van der Waals surface area contributed by atoms with Gasteiger partial charge in [0.25, 0.3) is 0 Å². The summed E-state index contributed by atoms with van der Waals surface area (Å²) < 4.78 is 19.0. The summed E-state index contributed by atoms with van der Waals surface area (Å²) in [4.78, 5) is 26.3. The monoisotopic (exact) mass is 439 g/mol. The van der Waals surface area contributed by atoms with Gasteiger partial charge in [-0.15, -0.1) is 0 Å². The molecule has 1 amide bonds. The van der Waals surface area contributed by atoms with Crippen LogP contribution in [0.3, 0.4) is 0 Å². The van der Waals surface area contributed by atoms with Gasteiger partial charge in [-0.25, -0.2) is 14.4 Å². The molecule has 3 aliphatic rings. The van der Waals surface area contributed by atoms with E-state index in [1.165, 1.54) is 12.1 Å². The van der Waals surface area contributed by atoms with Crippen molar-refractivity contribution in [1.82, 2.24) is 20.2 Å². The number of amides is 1. The molecule has 0 unspecified atom stereocenters. The van der Waals surface area contributed by atoms with Crippen LogP contribution >= 0.6 is 0 Å². The molecule has 32 heavy (non-hydrogen) atoms. The molecular formula is C24H30FN5O2. The van der Waals surface area contributed by atoms with Gasteiger partial charge in [0.2, 0.25) is 11.9 Å². The highest BCUT2D eigenvalue weighted by molar-refractivity contribution is 5.77. The lowest BCUT2D eigenvalue weighted by atomic mass is 9.79. The number of aromatic nitrogens is 2. The summed E-state index contributed by atoms with van der Waals surface area (Å²) in [5.74, 6) is 0.746. The molecular weight excluding hydrogens is 409 g/mol. The van der Waals surface area contributed by atoms with Gasteiger partial charge in [-0.2, -0.15) is 0 Å². The van der Waals surface area contributed by atoms with E-state index in [1.54, 1.807) is 0 Å². The second-order valence-corrected chi connectivity index (χ2v) is 9.13. The molecule has 1 N–H and O–H groups in total. The standard InChI is InChI=1S/C24H30FN5O2/c25-19-6-4-18(5-7-19)21-16-29(17-24(21)9-2-1-3-22(31)28-24)15-20-8-10-26-23(27-20)30-11-13-32-14-12-30/h4-8,10,21H,1-3,9,11-17H2,(H,28,31)/t21-,24+/m0/s1. The Kier molecular flexibility index (Phi) is 6.06. The smallest absolute Gasteiger partial charge is 0.225 e. The Morgan fingerprint density at radius 1 is 1.16 bits per heavy atom. The molecule has 0 bridgehead atoms. The fourth-order valence-corrected chi connectivity index (χ4v) is 5.37. The minimum atomic E-state index is -0.328. The number of morpholine rings is 1. The van der Waals surface area contributed by atoms with Crippen molar-refractivity contribution in [2.75, 3.05) is 44.3 Å².